The van der Waals surface area contributed by atoms with Crippen LogP contribution in [0.4, 0.5) is 11.8 Å². The Morgan fingerprint density at radius 2 is 1.69 bits per heavy atom. The van der Waals surface area contributed by atoms with Gasteiger partial charge in [-0.05, 0) is 48.7 Å². The van der Waals surface area contributed by atoms with E-state index in [0.717, 1.165) is 44.0 Å². The molecule has 0 spiro atoms. The summed E-state index contributed by atoms with van der Waals surface area (Å²) in [5, 5.41) is 6.94. The first-order valence-electron chi connectivity index (χ1n) is 9.93. The number of rotatable bonds is 6. The first-order valence-corrected chi connectivity index (χ1v) is 10.3. The average Bonchev–Trinajstić information content (AvgIpc) is 3.16. The van der Waals surface area contributed by atoms with E-state index in [9.17, 15) is 0 Å². The van der Waals surface area contributed by atoms with Crippen LogP contribution in [0.2, 0.25) is 0 Å². The number of thiocarbonyl (C=S) groups is 1. The Morgan fingerprint density at radius 3 is 2.41 bits per heavy atom. The van der Waals surface area contributed by atoms with E-state index < -0.39 is 0 Å². The molecule has 0 saturated heterocycles. The van der Waals surface area contributed by atoms with Gasteiger partial charge >= 0.3 is 0 Å². The Bertz CT molecular complexity index is 965. The molecule has 3 aromatic rings. The lowest BCUT2D eigenvalue weighted by Gasteiger charge is -2.18. The van der Waals surface area contributed by atoms with Gasteiger partial charge in [-0.25, -0.2) is 4.98 Å². The maximum atomic E-state index is 5.43. The molecule has 0 aliphatic carbocycles. The molecule has 4 rings (SSSR count). The molecule has 1 aliphatic rings. The van der Waals surface area contributed by atoms with Crippen molar-refractivity contribution in [2.45, 2.75) is 32.9 Å². The Balaban J connectivity index is 1.31. The van der Waals surface area contributed by atoms with Gasteiger partial charge in [0.25, 0.3) is 0 Å². The molecular weight excluding hydrogens is 378 g/mol. The molecule has 2 heterocycles. The number of nitrogens with zero attached hydrogens (tertiary/aromatic N) is 3. The summed E-state index contributed by atoms with van der Waals surface area (Å²) < 4.78 is 0. The van der Waals surface area contributed by atoms with Crippen molar-refractivity contribution in [1.29, 1.82) is 0 Å². The van der Waals surface area contributed by atoms with Gasteiger partial charge in [-0.3, -0.25) is 0 Å². The van der Waals surface area contributed by atoms with Crippen LogP contribution in [-0.4, -0.2) is 21.6 Å². The van der Waals surface area contributed by atoms with E-state index in [1.165, 1.54) is 16.7 Å². The van der Waals surface area contributed by atoms with Gasteiger partial charge in [-0.2, -0.15) is 4.98 Å². The first kappa shape index (κ1) is 19.3. The van der Waals surface area contributed by atoms with E-state index in [-0.39, 0.29) is 0 Å². The summed E-state index contributed by atoms with van der Waals surface area (Å²) in [4.78, 5) is 11.4. The van der Waals surface area contributed by atoms with Gasteiger partial charge in [-0.1, -0.05) is 54.6 Å². The Kier molecular flexibility index (Phi) is 6.00. The van der Waals surface area contributed by atoms with Crippen LogP contribution < -0.4 is 15.5 Å². The zero-order valence-electron chi connectivity index (χ0n) is 16.6. The molecule has 2 aromatic carbocycles. The maximum absolute atomic E-state index is 5.43. The van der Waals surface area contributed by atoms with Gasteiger partial charge in [0.05, 0.1) is 0 Å². The Morgan fingerprint density at radius 1 is 1.00 bits per heavy atom. The minimum atomic E-state index is 0.538. The molecule has 0 saturated carbocycles. The van der Waals surface area contributed by atoms with Crippen molar-refractivity contribution in [1.82, 2.24) is 15.3 Å². The molecule has 1 aliphatic heterocycles. The molecule has 0 atom stereocenters. The second-order valence-electron chi connectivity index (χ2n) is 7.29. The summed E-state index contributed by atoms with van der Waals surface area (Å²) >= 11 is 5.43. The standard InChI is InChI=1S/C23H25N5S/c1-17-14-21(28-15-19-11-5-6-12-20(19)16-28)26-22(25-17)27-23(29)24-13-7-10-18-8-3-2-4-9-18/h2-6,8-9,11-12,14H,7,10,13,15-16H2,1H3,(H2,24,25,26,27,29). The third-order valence-corrected chi connectivity index (χ3v) is 5.25. The fourth-order valence-electron chi connectivity index (χ4n) is 3.55. The van der Waals surface area contributed by atoms with Crippen LogP contribution >= 0.6 is 12.2 Å². The normalized spacial score (nSPS) is 12.5. The van der Waals surface area contributed by atoms with Crippen molar-refractivity contribution in [3.8, 4) is 0 Å². The van der Waals surface area contributed by atoms with Crippen molar-refractivity contribution in [2.24, 2.45) is 0 Å². The molecule has 148 valence electrons. The van der Waals surface area contributed by atoms with Crippen molar-refractivity contribution in [2.75, 3.05) is 16.8 Å². The number of hydrogen-bond acceptors (Lipinski definition) is 4. The zero-order chi connectivity index (χ0) is 20.1. The molecule has 0 radical (unpaired) electrons. The predicted molar refractivity (Wildman–Crippen MR) is 122 cm³/mol. The number of benzene rings is 2. The molecule has 6 heteroatoms. The highest BCUT2D eigenvalue weighted by Gasteiger charge is 2.20. The van der Waals surface area contributed by atoms with Gasteiger partial charge in [0.1, 0.15) is 5.82 Å². The monoisotopic (exact) mass is 403 g/mol. The fourth-order valence-corrected chi connectivity index (χ4v) is 3.74. The summed E-state index contributed by atoms with van der Waals surface area (Å²) in [7, 11) is 0. The highest BCUT2D eigenvalue weighted by molar-refractivity contribution is 7.80. The largest absolute Gasteiger partial charge is 0.362 e. The molecule has 0 amide bonds. The van der Waals surface area contributed by atoms with Gasteiger partial charge in [0.2, 0.25) is 5.95 Å². The molecule has 29 heavy (non-hydrogen) atoms. The summed E-state index contributed by atoms with van der Waals surface area (Å²) in [6.45, 7) is 4.53. The number of aryl methyl sites for hydroxylation is 2. The van der Waals surface area contributed by atoms with E-state index in [1.54, 1.807) is 0 Å². The van der Waals surface area contributed by atoms with Crippen molar-refractivity contribution < 1.29 is 0 Å². The highest BCUT2D eigenvalue weighted by atomic mass is 32.1. The SMILES string of the molecule is Cc1cc(N2Cc3ccccc3C2)nc(NC(=S)NCCCc2ccccc2)n1. The number of hydrogen-bond donors (Lipinski definition) is 2. The quantitative estimate of drug-likeness (QED) is 0.475. The first-order chi connectivity index (χ1) is 14.2. The van der Waals surface area contributed by atoms with Crippen molar-refractivity contribution in [3.05, 3.63) is 83.0 Å². The van der Waals surface area contributed by atoms with Crippen LogP contribution in [0.25, 0.3) is 0 Å². The fraction of sp³-hybridized carbons (Fsp3) is 0.261. The molecular formula is C23H25N5S. The van der Waals surface area contributed by atoms with Crippen LogP contribution in [0.5, 0.6) is 0 Å². The lowest BCUT2D eigenvalue weighted by Crippen LogP contribution is -2.30. The molecule has 2 N–H and O–H groups in total. The van der Waals surface area contributed by atoms with Crippen LogP contribution in [0, 0.1) is 6.92 Å². The molecule has 0 fully saturated rings. The number of aromatic nitrogens is 2. The zero-order valence-corrected chi connectivity index (χ0v) is 17.4. The second kappa shape index (κ2) is 9.01. The van der Waals surface area contributed by atoms with Crippen LogP contribution in [0.15, 0.2) is 60.7 Å². The molecule has 5 nitrogen and oxygen atoms in total. The van der Waals surface area contributed by atoms with E-state index in [2.05, 4.69) is 69.0 Å². The van der Waals surface area contributed by atoms with E-state index in [0.29, 0.717) is 11.1 Å². The Hall–Kier alpha value is -2.99. The topological polar surface area (TPSA) is 53.1 Å². The number of nitrogens with one attached hydrogen (secondary N) is 2. The predicted octanol–water partition coefficient (Wildman–Crippen LogP) is 4.22. The molecule has 0 unspecified atom stereocenters. The smallest absolute Gasteiger partial charge is 0.231 e. The van der Waals surface area contributed by atoms with Crippen molar-refractivity contribution in [3.63, 3.8) is 0 Å². The van der Waals surface area contributed by atoms with E-state index >= 15 is 0 Å². The summed E-state index contributed by atoms with van der Waals surface area (Å²) in [5.41, 5.74) is 4.97. The van der Waals surface area contributed by atoms with Crippen molar-refractivity contribution >= 4 is 29.1 Å². The summed E-state index contributed by atoms with van der Waals surface area (Å²) in [6, 6.07) is 21.0. The lowest BCUT2D eigenvalue weighted by molar-refractivity contribution is 0.777. The van der Waals surface area contributed by atoms with Gasteiger partial charge in [0, 0.05) is 31.4 Å². The summed E-state index contributed by atoms with van der Waals surface area (Å²) in [6.07, 6.45) is 2.04. The van der Waals surface area contributed by atoms with E-state index in [1.807, 2.05) is 19.1 Å². The Labute approximate surface area is 177 Å². The van der Waals surface area contributed by atoms with Gasteiger partial charge in [0.15, 0.2) is 5.11 Å². The minimum Gasteiger partial charge on any atom is -0.362 e. The maximum Gasteiger partial charge on any atom is 0.231 e. The van der Waals surface area contributed by atoms with Gasteiger partial charge < -0.3 is 15.5 Å². The van der Waals surface area contributed by atoms with Gasteiger partial charge in [-0.15, -0.1) is 0 Å². The van der Waals surface area contributed by atoms with Crippen LogP contribution in [-0.2, 0) is 19.5 Å². The third-order valence-electron chi connectivity index (χ3n) is 5.00. The second-order valence-corrected chi connectivity index (χ2v) is 7.69. The molecule has 1 aromatic heterocycles. The average molecular weight is 404 g/mol. The minimum absolute atomic E-state index is 0.538. The summed E-state index contributed by atoms with van der Waals surface area (Å²) in [5.74, 6) is 1.46. The lowest BCUT2D eigenvalue weighted by atomic mass is 10.1. The highest BCUT2D eigenvalue weighted by Crippen LogP contribution is 2.27. The molecule has 0 bridgehead atoms. The third kappa shape index (κ3) is 5.09. The van der Waals surface area contributed by atoms with Crippen LogP contribution in [0.3, 0.4) is 0 Å². The van der Waals surface area contributed by atoms with Crippen LogP contribution in [0.1, 0.15) is 28.8 Å². The number of fused-ring (bicyclic) bond motifs is 1. The van der Waals surface area contributed by atoms with E-state index in [4.69, 9.17) is 17.2 Å². The number of anilines is 2.